The van der Waals surface area contributed by atoms with Crippen molar-refractivity contribution in [3.63, 3.8) is 0 Å². The van der Waals surface area contributed by atoms with Crippen LogP contribution in [0.1, 0.15) is 49.8 Å². The van der Waals surface area contributed by atoms with E-state index < -0.39 is 0 Å². The summed E-state index contributed by atoms with van der Waals surface area (Å²) in [5.41, 5.74) is 15.5. The summed E-state index contributed by atoms with van der Waals surface area (Å²) in [6.45, 7) is 0. The van der Waals surface area contributed by atoms with Gasteiger partial charge in [0.15, 0.2) is 0 Å². The number of hydrogen-bond donors (Lipinski definition) is 3. The van der Waals surface area contributed by atoms with Gasteiger partial charge in [-0.1, -0.05) is 6.42 Å². The van der Waals surface area contributed by atoms with E-state index >= 15 is 0 Å². The Morgan fingerprint density at radius 1 is 1.17 bits per heavy atom. The summed E-state index contributed by atoms with van der Waals surface area (Å²) >= 11 is 0. The maximum Gasteiger partial charge on any atom is 0.227 e. The van der Waals surface area contributed by atoms with Crippen molar-refractivity contribution in [1.29, 1.82) is 0 Å². The predicted molar refractivity (Wildman–Crippen MR) is 94.4 cm³/mol. The second-order valence-electron chi connectivity index (χ2n) is 8.02. The maximum absolute atomic E-state index is 12.7. The number of nitrogens with one attached hydrogen (secondary N) is 1. The van der Waals surface area contributed by atoms with Crippen LogP contribution >= 0.6 is 0 Å². The number of amides is 1. The molecule has 3 aliphatic carbocycles. The fraction of sp³-hybridized carbons (Fsp3) is 0.684. The molecule has 0 saturated heterocycles. The van der Waals surface area contributed by atoms with Gasteiger partial charge in [0.2, 0.25) is 5.91 Å². The molecule has 2 saturated carbocycles. The van der Waals surface area contributed by atoms with Crippen molar-refractivity contribution in [3.05, 3.63) is 23.5 Å². The Balaban J connectivity index is 1.44. The van der Waals surface area contributed by atoms with E-state index in [0.717, 1.165) is 43.5 Å². The lowest BCUT2D eigenvalue weighted by Crippen LogP contribution is -2.48. The summed E-state index contributed by atoms with van der Waals surface area (Å²) in [5.74, 6) is 1.28. The van der Waals surface area contributed by atoms with E-state index in [-0.39, 0.29) is 17.9 Å². The molecule has 5 heteroatoms. The second-order valence-corrected chi connectivity index (χ2v) is 8.02. The first-order valence-corrected chi connectivity index (χ1v) is 9.40. The lowest BCUT2D eigenvalue weighted by molar-refractivity contribution is -0.122. The minimum atomic E-state index is 0.0957. The van der Waals surface area contributed by atoms with Crippen molar-refractivity contribution < 1.29 is 4.79 Å². The van der Waals surface area contributed by atoms with Gasteiger partial charge in [-0.25, -0.2) is 0 Å². The Labute approximate surface area is 143 Å². The minimum Gasteiger partial charge on any atom is -0.327 e. The minimum absolute atomic E-state index is 0.0957. The molecular weight excluding hydrogens is 300 g/mol. The van der Waals surface area contributed by atoms with Gasteiger partial charge >= 0.3 is 0 Å². The molecule has 24 heavy (non-hydrogen) atoms. The zero-order chi connectivity index (χ0) is 16.7. The first-order valence-electron chi connectivity index (χ1n) is 9.40. The maximum atomic E-state index is 12.7. The van der Waals surface area contributed by atoms with Crippen molar-refractivity contribution in [1.82, 2.24) is 4.98 Å². The quantitative estimate of drug-likeness (QED) is 0.774. The molecule has 1 aromatic heterocycles. The molecule has 0 aromatic carbocycles. The van der Waals surface area contributed by atoms with Crippen LogP contribution in [0.5, 0.6) is 0 Å². The normalized spacial score (nSPS) is 35.2. The Hall–Kier alpha value is -1.46. The van der Waals surface area contributed by atoms with Gasteiger partial charge in [0.05, 0.1) is 11.9 Å². The summed E-state index contributed by atoms with van der Waals surface area (Å²) in [4.78, 5) is 17.3. The van der Waals surface area contributed by atoms with Crippen LogP contribution in [0.25, 0.3) is 0 Å². The highest BCUT2D eigenvalue weighted by atomic mass is 16.1. The molecule has 2 bridgehead atoms. The standard InChI is InChI=1S/C19H28N4O/c20-15-4-5-17-13(8-15)9-16(10-22-17)23-19(24)14-6-11-2-1-3-12(7-14)18(11)21/h9-12,14-15,18H,1-8,20-21H2,(H,23,24). The lowest BCUT2D eigenvalue weighted by Gasteiger charge is -2.43. The first kappa shape index (κ1) is 16.0. The van der Waals surface area contributed by atoms with Crippen molar-refractivity contribution in [2.24, 2.45) is 29.2 Å². The number of nitrogens with zero attached hydrogens (tertiary/aromatic N) is 1. The Bertz CT molecular complexity index is 618. The first-order chi connectivity index (χ1) is 11.6. The summed E-state index contributed by atoms with van der Waals surface area (Å²) in [7, 11) is 0. The molecule has 0 aliphatic heterocycles. The van der Waals surface area contributed by atoms with Gasteiger partial charge in [-0.15, -0.1) is 0 Å². The molecule has 2 fully saturated rings. The Morgan fingerprint density at radius 2 is 1.92 bits per heavy atom. The van der Waals surface area contributed by atoms with E-state index in [1.807, 2.05) is 0 Å². The van der Waals surface area contributed by atoms with Gasteiger partial charge in [0, 0.05) is 23.7 Å². The molecule has 4 rings (SSSR count). The van der Waals surface area contributed by atoms with Crippen molar-refractivity contribution in [2.75, 3.05) is 5.32 Å². The lowest BCUT2D eigenvalue weighted by atomic mass is 9.65. The highest BCUT2D eigenvalue weighted by molar-refractivity contribution is 5.92. The van der Waals surface area contributed by atoms with E-state index in [2.05, 4.69) is 16.4 Å². The smallest absolute Gasteiger partial charge is 0.227 e. The molecule has 1 heterocycles. The van der Waals surface area contributed by atoms with Crippen LogP contribution in [0, 0.1) is 17.8 Å². The molecule has 1 amide bonds. The van der Waals surface area contributed by atoms with Crippen molar-refractivity contribution in [2.45, 2.75) is 63.5 Å². The molecule has 0 radical (unpaired) electrons. The number of anilines is 1. The van der Waals surface area contributed by atoms with Crippen molar-refractivity contribution >= 4 is 11.6 Å². The SMILES string of the molecule is NC1CCc2ncc(NC(=O)C3CC4CCCC(C3)C4N)cc2C1. The number of pyridine rings is 1. The average molecular weight is 328 g/mol. The fourth-order valence-electron chi connectivity index (χ4n) is 4.96. The monoisotopic (exact) mass is 328 g/mol. The van der Waals surface area contributed by atoms with Crippen LogP contribution < -0.4 is 16.8 Å². The summed E-state index contributed by atoms with van der Waals surface area (Å²) < 4.78 is 0. The van der Waals surface area contributed by atoms with E-state index in [1.165, 1.54) is 24.8 Å². The molecule has 5 N–H and O–H groups in total. The zero-order valence-corrected chi connectivity index (χ0v) is 14.2. The van der Waals surface area contributed by atoms with Gasteiger partial charge in [0.1, 0.15) is 0 Å². The molecule has 3 aliphatic rings. The number of fused-ring (bicyclic) bond motifs is 3. The molecule has 0 spiro atoms. The second kappa shape index (κ2) is 6.45. The highest BCUT2D eigenvalue weighted by Gasteiger charge is 2.40. The summed E-state index contributed by atoms with van der Waals surface area (Å²) in [6, 6.07) is 2.58. The highest BCUT2D eigenvalue weighted by Crippen LogP contribution is 2.42. The average Bonchev–Trinajstić information content (AvgIpc) is 2.54. The van der Waals surface area contributed by atoms with E-state index in [4.69, 9.17) is 11.5 Å². The topological polar surface area (TPSA) is 94.0 Å². The number of aryl methyl sites for hydroxylation is 1. The predicted octanol–water partition coefficient (Wildman–Crippen LogP) is 1.99. The van der Waals surface area contributed by atoms with Crippen LogP contribution in [0.4, 0.5) is 5.69 Å². The third kappa shape index (κ3) is 3.07. The van der Waals surface area contributed by atoms with Gasteiger partial charge in [-0.3, -0.25) is 9.78 Å². The third-order valence-electron chi connectivity index (χ3n) is 6.35. The largest absolute Gasteiger partial charge is 0.327 e. The summed E-state index contributed by atoms with van der Waals surface area (Å²) in [6.07, 6.45) is 10.1. The number of nitrogens with two attached hydrogens (primary N) is 2. The zero-order valence-electron chi connectivity index (χ0n) is 14.2. The Kier molecular flexibility index (Phi) is 4.31. The van der Waals surface area contributed by atoms with E-state index in [9.17, 15) is 4.79 Å². The molecule has 5 nitrogen and oxygen atoms in total. The van der Waals surface area contributed by atoms with E-state index in [1.54, 1.807) is 6.20 Å². The number of carbonyl (C=O) groups excluding carboxylic acids is 1. The van der Waals surface area contributed by atoms with E-state index in [0.29, 0.717) is 17.9 Å². The molecule has 1 aromatic rings. The van der Waals surface area contributed by atoms with Crippen LogP contribution in [0.2, 0.25) is 0 Å². The molecule has 3 atom stereocenters. The number of carbonyl (C=O) groups is 1. The van der Waals surface area contributed by atoms with Gasteiger partial charge in [0.25, 0.3) is 0 Å². The fourth-order valence-corrected chi connectivity index (χ4v) is 4.96. The van der Waals surface area contributed by atoms with Crippen LogP contribution in [0.15, 0.2) is 12.3 Å². The van der Waals surface area contributed by atoms with Crippen LogP contribution in [-0.2, 0) is 17.6 Å². The molecule has 130 valence electrons. The van der Waals surface area contributed by atoms with Gasteiger partial charge in [-0.2, -0.15) is 0 Å². The van der Waals surface area contributed by atoms with Crippen molar-refractivity contribution in [3.8, 4) is 0 Å². The van der Waals surface area contributed by atoms with Crippen LogP contribution in [-0.4, -0.2) is 23.0 Å². The number of aromatic nitrogens is 1. The summed E-state index contributed by atoms with van der Waals surface area (Å²) in [5, 5.41) is 3.10. The molecule has 3 unspecified atom stereocenters. The number of rotatable bonds is 2. The van der Waals surface area contributed by atoms with Crippen LogP contribution in [0.3, 0.4) is 0 Å². The Morgan fingerprint density at radius 3 is 2.67 bits per heavy atom. The molecular formula is C19H28N4O. The van der Waals surface area contributed by atoms with Gasteiger partial charge in [-0.05, 0) is 68.4 Å². The number of hydrogen-bond acceptors (Lipinski definition) is 4. The van der Waals surface area contributed by atoms with Gasteiger partial charge < -0.3 is 16.8 Å². The third-order valence-corrected chi connectivity index (χ3v) is 6.35.